The Bertz CT molecular complexity index is 1160. The van der Waals surface area contributed by atoms with Crippen molar-refractivity contribution < 1.29 is 18.3 Å². The van der Waals surface area contributed by atoms with Crippen LogP contribution in [-0.4, -0.2) is 53.8 Å². The minimum Gasteiger partial charge on any atom is -0.481 e. The van der Waals surface area contributed by atoms with Gasteiger partial charge < -0.3 is 14.5 Å². The average molecular weight is 453 g/mol. The van der Waals surface area contributed by atoms with E-state index < -0.39 is 11.6 Å². The third-order valence-electron chi connectivity index (χ3n) is 5.97. The van der Waals surface area contributed by atoms with Crippen LogP contribution in [0.5, 0.6) is 5.75 Å². The molecule has 1 amide bonds. The van der Waals surface area contributed by atoms with E-state index in [4.69, 9.17) is 4.74 Å². The molecule has 0 radical (unpaired) electrons. The molecule has 4 rings (SSSR count). The zero-order valence-corrected chi connectivity index (χ0v) is 18.9. The molecule has 1 saturated heterocycles. The number of anilines is 1. The second kappa shape index (κ2) is 9.52. The van der Waals surface area contributed by atoms with Gasteiger partial charge in [0.15, 0.2) is 24.0 Å². The van der Waals surface area contributed by atoms with Crippen LogP contribution >= 0.6 is 0 Å². The van der Waals surface area contributed by atoms with Gasteiger partial charge in [-0.1, -0.05) is 6.07 Å². The minimum atomic E-state index is -0.828. The van der Waals surface area contributed by atoms with Gasteiger partial charge in [-0.25, -0.2) is 8.78 Å². The van der Waals surface area contributed by atoms with Crippen LogP contribution in [0.3, 0.4) is 0 Å². The summed E-state index contributed by atoms with van der Waals surface area (Å²) >= 11 is 0. The maximum Gasteiger partial charge on any atom is 0.260 e. The maximum absolute atomic E-state index is 13.7. The Kier molecular flexibility index (Phi) is 6.53. The summed E-state index contributed by atoms with van der Waals surface area (Å²) in [4.78, 5) is 16.2. The molecule has 0 bridgehead atoms. The van der Waals surface area contributed by atoms with E-state index in [0.717, 1.165) is 34.8 Å². The van der Waals surface area contributed by atoms with Crippen molar-refractivity contribution in [2.75, 3.05) is 37.7 Å². The van der Waals surface area contributed by atoms with Crippen LogP contribution in [0.2, 0.25) is 0 Å². The molecule has 0 spiro atoms. The van der Waals surface area contributed by atoms with Crippen molar-refractivity contribution in [3.63, 3.8) is 0 Å². The number of hydrogen-bond donors (Lipinski definition) is 0. The molecule has 1 aliphatic rings. The number of halogens is 2. The predicted octanol–water partition coefficient (Wildman–Crippen LogP) is 4.07. The summed E-state index contributed by atoms with van der Waals surface area (Å²) in [6.45, 7) is 8.15. The summed E-state index contributed by atoms with van der Waals surface area (Å²) < 4.78 is 31.9. The van der Waals surface area contributed by atoms with Gasteiger partial charge in [-0.05, 0) is 67.8 Å². The molecular weight excluding hydrogens is 426 g/mol. The Hall–Kier alpha value is -3.55. The van der Waals surface area contributed by atoms with Gasteiger partial charge in [0.25, 0.3) is 5.91 Å². The molecular formula is C25H26F2N4O2. The minimum absolute atomic E-state index is 0.141. The van der Waals surface area contributed by atoms with Gasteiger partial charge in [0.1, 0.15) is 5.82 Å². The van der Waals surface area contributed by atoms with Gasteiger partial charge in [-0.15, -0.1) is 10.2 Å². The van der Waals surface area contributed by atoms with Gasteiger partial charge in [-0.2, -0.15) is 0 Å². The summed E-state index contributed by atoms with van der Waals surface area (Å²) in [5, 5.41) is 8.84. The predicted molar refractivity (Wildman–Crippen MR) is 122 cm³/mol. The molecule has 0 saturated carbocycles. The Balaban J connectivity index is 1.33. The second-order valence-corrected chi connectivity index (χ2v) is 8.26. The fourth-order valence-corrected chi connectivity index (χ4v) is 3.88. The number of aryl methyl sites for hydroxylation is 3. The topological polar surface area (TPSA) is 58.6 Å². The standard InChI is InChI=1S/C25H26F2N4O2/c1-16-12-18(3)20(13-17(16)2)22-5-7-24(29-28-22)30-8-10-31(11-9-30)25(32)15-33-23-6-4-19(26)14-21(23)27/h4-7,12-14H,8-11,15H2,1-3H3. The van der Waals surface area contributed by atoms with Gasteiger partial charge in [-0.3, -0.25) is 4.79 Å². The molecule has 2 heterocycles. The van der Waals surface area contributed by atoms with Crippen LogP contribution in [0.4, 0.5) is 14.6 Å². The van der Waals surface area contributed by atoms with Crippen molar-refractivity contribution in [1.29, 1.82) is 0 Å². The van der Waals surface area contributed by atoms with Gasteiger partial charge >= 0.3 is 0 Å². The van der Waals surface area contributed by atoms with Crippen molar-refractivity contribution in [3.05, 3.63) is 70.8 Å². The highest BCUT2D eigenvalue weighted by Crippen LogP contribution is 2.26. The van der Waals surface area contributed by atoms with Crippen LogP contribution in [0.15, 0.2) is 42.5 Å². The molecule has 1 fully saturated rings. The van der Waals surface area contributed by atoms with Crippen LogP contribution < -0.4 is 9.64 Å². The highest BCUT2D eigenvalue weighted by molar-refractivity contribution is 5.78. The number of carbonyl (C=O) groups is 1. The molecule has 2 aromatic carbocycles. The quantitative estimate of drug-likeness (QED) is 0.584. The van der Waals surface area contributed by atoms with Crippen molar-refractivity contribution >= 4 is 11.7 Å². The Labute approximate surface area is 191 Å². The summed E-state index contributed by atoms with van der Waals surface area (Å²) in [5.41, 5.74) is 5.54. The van der Waals surface area contributed by atoms with Crippen LogP contribution in [0.25, 0.3) is 11.3 Å². The maximum atomic E-state index is 13.7. The van der Waals surface area contributed by atoms with Crippen molar-refractivity contribution in [1.82, 2.24) is 15.1 Å². The summed E-state index contributed by atoms with van der Waals surface area (Å²) in [7, 11) is 0. The number of hydrogen-bond acceptors (Lipinski definition) is 5. The molecule has 33 heavy (non-hydrogen) atoms. The van der Waals surface area contributed by atoms with Gasteiger partial charge in [0, 0.05) is 37.8 Å². The van der Waals surface area contributed by atoms with Gasteiger partial charge in [0.05, 0.1) is 5.69 Å². The number of carbonyl (C=O) groups excluding carboxylic acids is 1. The number of rotatable bonds is 5. The Morgan fingerprint density at radius 2 is 1.64 bits per heavy atom. The molecule has 0 unspecified atom stereocenters. The van der Waals surface area contributed by atoms with E-state index in [1.165, 1.54) is 17.2 Å². The lowest BCUT2D eigenvalue weighted by Gasteiger charge is -2.35. The number of nitrogens with zero attached hydrogens (tertiary/aromatic N) is 4. The normalized spacial score (nSPS) is 13.8. The fraction of sp³-hybridized carbons (Fsp3) is 0.320. The molecule has 0 aliphatic carbocycles. The van der Waals surface area contributed by atoms with E-state index in [1.54, 1.807) is 4.90 Å². The van der Waals surface area contributed by atoms with Crippen molar-refractivity contribution in [2.45, 2.75) is 20.8 Å². The Morgan fingerprint density at radius 3 is 2.30 bits per heavy atom. The van der Waals surface area contributed by atoms with Crippen LogP contribution in [-0.2, 0) is 4.79 Å². The SMILES string of the molecule is Cc1cc(C)c(-c2ccc(N3CCN(C(=O)COc4ccc(F)cc4F)CC3)nn2)cc1C. The molecule has 6 nitrogen and oxygen atoms in total. The lowest BCUT2D eigenvalue weighted by Crippen LogP contribution is -2.50. The zero-order valence-electron chi connectivity index (χ0n) is 18.9. The Morgan fingerprint density at radius 1 is 0.909 bits per heavy atom. The molecule has 1 aromatic heterocycles. The first-order chi connectivity index (χ1) is 15.8. The number of piperazine rings is 1. The third-order valence-corrected chi connectivity index (χ3v) is 5.97. The zero-order chi connectivity index (χ0) is 23.5. The van der Waals surface area contributed by atoms with Crippen molar-refractivity contribution in [2.24, 2.45) is 0 Å². The monoisotopic (exact) mass is 452 g/mol. The molecule has 3 aromatic rings. The summed E-state index contributed by atoms with van der Waals surface area (Å²) in [6.07, 6.45) is 0. The van der Waals surface area contributed by atoms with Gasteiger partial charge in [0.2, 0.25) is 0 Å². The summed E-state index contributed by atoms with van der Waals surface area (Å²) in [6, 6.07) is 11.2. The van der Waals surface area contributed by atoms with Crippen molar-refractivity contribution in [3.8, 4) is 17.0 Å². The smallest absolute Gasteiger partial charge is 0.260 e. The molecule has 0 N–H and O–H groups in total. The van der Waals surface area contributed by atoms with Crippen LogP contribution in [0.1, 0.15) is 16.7 Å². The number of ether oxygens (including phenoxy) is 1. The number of aromatic nitrogens is 2. The average Bonchev–Trinajstić information content (AvgIpc) is 2.81. The van der Waals surface area contributed by atoms with E-state index >= 15 is 0 Å². The number of benzene rings is 2. The third kappa shape index (κ3) is 5.10. The largest absolute Gasteiger partial charge is 0.481 e. The molecule has 8 heteroatoms. The molecule has 0 atom stereocenters. The van der Waals surface area contributed by atoms with E-state index in [2.05, 4.69) is 48.0 Å². The molecule has 1 aliphatic heterocycles. The van der Waals surface area contributed by atoms with E-state index in [9.17, 15) is 13.6 Å². The van der Waals surface area contributed by atoms with E-state index in [-0.39, 0.29) is 18.3 Å². The first kappa shape index (κ1) is 22.6. The lowest BCUT2D eigenvalue weighted by atomic mass is 9.99. The first-order valence-corrected chi connectivity index (χ1v) is 10.8. The second-order valence-electron chi connectivity index (χ2n) is 8.26. The number of amides is 1. The molecule has 172 valence electrons. The highest BCUT2D eigenvalue weighted by Gasteiger charge is 2.23. The van der Waals surface area contributed by atoms with E-state index in [1.807, 2.05) is 12.1 Å². The van der Waals surface area contributed by atoms with Crippen LogP contribution in [0, 0.1) is 32.4 Å². The lowest BCUT2D eigenvalue weighted by molar-refractivity contribution is -0.133. The van der Waals surface area contributed by atoms with E-state index in [0.29, 0.717) is 26.2 Å². The first-order valence-electron chi connectivity index (χ1n) is 10.8. The fourth-order valence-electron chi connectivity index (χ4n) is 3.88. The highest BCUT2D eigenvalue weighted by atomic mass is 19.1. The summed E-state index contributed by atoms with van der Waals surface area (Å²) in [5.74, 6) is -1.15.